The predicted octanol–water partition coefficient (Wildman–Crippen LogP) is 3.94. The maximum atomic E-state index is 12.4. The van der Waals surface area contributed by atoms with Gasteiger partial charge in [-0.15, -0.1) is 11.3 Å². The molecule has 0 saturated heterocycles. The molecule has 108 valence electrons. The molecule has 0 fully saturated rings. The monoisotopic (exact) mass is 316 g/mol. The van der Waals surface area contributed by atoms with E-state index < -0.39 is 10.8 Å². The van der Waals surface area contributed by atoms with E-state index >= 15 is 0 Å². The van der Waals surface area contributed by atoms with Gasteiger partial charge in [-0.2, -0.15) is 5.10 Å². The van der Waals surface area contributed by atoms with Crippen LogP contribution in [-0.4, -0.2) is 14.0 Å². The zero-order valence-corrected chi connectivity index (χ0v) is 13.3. The standard InChI is InChI=1S/C16H16N2OS2/c1-13(16-4-2-11-20-16)21(19)12-14-5-7-15(8-6-14)18-10-3-9-17-18/h2-11,13H,12H2,1H3/t13-,21-/m0/s1. The first-order chi connectivity index (χ1) is 10.2. The van der Waals surface area contributed by atoms with Crippen molar-refractivity contribution in [2.24, 2.45) is 0 Å². The van der Waals surface area contributed by atoms with Gasteiger partial charge in [0.25, 0.3) is 0 Å². The van der Waals surface area contributed by atoms with Crippen LogP contribution in [0.2, 0.25) is 0 Å². The van der Waals surface area contributed by atoms with E-state index in [0.717, 1.165) is 11.3 Å². The summed E-state index contributed by atoms with van der Waals surface area (Å²) in [6.45, 7) is 2.03. The third-order valence-electron chi connectivity index (χ3n) is 3.35. The van der Waals surface area contributed by atoms with E-state index in [0.29, 0.717) is 5.75 Å². The molecule has 0 bridgehead atoms. The molecule has 0 radical (unpaired) electrons. The summed E-state index contributed by atoms with van der Waals surface area (Å²) in [6, 6.07) is 14.0. The largest absolute Gasteiger partial charge is 0.259 e. The summed E-state index contributed by atoms with van der Waals surface area (Å²) in [5.74, 6) is 0.582. The minimum absolute atomic E-state index is 0.0794. The average molecular weight is 316 g/mol. The Morgan fingerprint density at radius 1 is 1.24 bits per heavy atom. The van der Waals surface area contributed by atoms with E-state index in [-0.39, 0.29) is 5.25 Å². The highest BCUT2D eigenvalue weighted by atomic mass is 32.2. The summed E-state index contributed by atoms with van der Waals surface area (Å²) in [7, 11) is -0.900. The second-order valence-corrected chi connectivity index (χ2v) is 7.54. The molecule has 2 aromatic heterocycles. The van der Waals surface area contributed by atoms with Crippen molar-refractivity contribution in [1.82, 2.24) is 9.78 Å². The fourth-order valence-corrected chi connectivity index (χ4v) is 4.37. The van der Waals surface area contributed by atoms with Crippen molar-refractivity contribution in [3.05, 3.63) is 70.7 Å². The SMILES string of the molecule is C[C@@H](c1cccs1)[S@@](=O)Cc1ccc(-n2cccn2)cc1. The van der Waals surface area contributed by atoms with Gasteiger partial charge < -0.3 is 0 Å². The second-order valence-electron chi connectivity index (χ2n) is 4.80. The first kappa shape index (κ1) is 14.2. The van der Waals surface area contributed by atoms with Crippen LogP contribution in [0.1, 0.15) is 22.6 Å². The molecule has 3 nitrogen and oxygen atoms in total. The average Bonchev–Trinajstić information content (AvgIpc) is 3.20. The van der Waals surface area contributed by atoms with Crippen molar-refractivity contribution < 1.29 is 4.21 Å². The van der Waals surface area contributed by atoms with Crippen LogP contribution in [0.25, 0.3) is 5.69 Å². The molecule has 2 heterocycles. The van der Waals surface area contributed by atoms with Gasteiger partial charge in [0, 0.05) is 33.8 Å². The summed E-state index contributed by atoms with van der Waals surface area (Å²) in [4.78, 5) is 1.18. The number of thiophene rings is 1. The molecule has 3 rings (SSSR count). The Morgan fingerprint density at radius 3 is 2.67 bits per heavy atom. The van der Waals surface area contributed by atoms with Crippen LogP contribution in [0.15, 0.2) is 60.2 Å². The van der Waals surface area contributed by atoms with Gasteiger partial charge >= 0.3 is 0 Å². The molecule has 0 saturated carbocycles. The summed E-state index contributed by atoms with van der Waals surface area (Å²) in [5, 5.41) is 6.31. The first-order valence-electron chi connectivity index (χ1n) is 6.73. The van der Waals surface area contributed by atoms with Crippen LogP contribution >= 0.6 is 11.3 Å². The Bertz CT molecular complexity index is 703. The Balaban J connectivity index is 1.69. The van der Waals surface area contributed by atoms with Gasteiger partial charge in [-0.05, 0) is 42.1 Å². The molecule has 0 spiro atoms. The molecule has 0 unspecified atom stereocenters. The maximum Gasteiger partial charge on any atom is 0.0665 e. The number of benzene rings is 1. The number of aromatic nitrogens is 2. The third kappa shape index (κ3) is 3.31. The van der Waals surface area contributed by atoms with Gasteiger partial charge in [-0.25, -0.2) is 4.68 Å². The van der Waals surface area contributed by atoms with Crippen LogP contribution in [0.5, 0.6) is 0 Å². The van der Waals surface area contributed by atoms with Gasteiger partial charge in [0.1, 0.15) is 0 Å². The molecular weight excluding hydrogens is 300 g/mol. The molecule has 5 heteroatoms. The molecular formula is C16H16N2OS2. The maximum absolute atomic E-state index is 12.4. The van der Waals surface area contributed by atoms with Crippen LogP contribution in [0, 0.1) is 0 Å². The number of hydrogen-bond donors (Lipinski definition) is 0. The van der Waals surface area contributed by atoms with Crippen molar-refractivity contribution in [3.8, 4) is 5.69 Å². The van der Waals surface area contributed by atoms with Gasteiger partial charge in [0.2, 0.25) is 0 Å². The quantitative estimate of drug-likeness (QED) is 0.714. The van der Waals surface area contributed by atoms with Crippen LogP contribution < -0.4 is 0 Å². The predicted molar refractivity (Wildman–Crippen MR) is 88.1 cm³/mol. The first-order valence-corrected chi connectivity index (χ1v) is 9.00. The molecule has 1 aromatic carbocycles. The number of hydrogen-bond acceptors (Lipinski definition) is 3. The van der Waals surface area contributed by atoms with E-state index in [1.54, 1.807) is 17.5 Å². The second kappa shape index (κ2) is 6.37. The Morgan fingerprint density at radius 2 is 2.05 bits per heavy atom. The van der Waals surface area contributed by atoms with Crippen LogP contribution in [-0.2, 0) is 16.6 Å². The molecule has 0 N–H and O–H groups in total. The van der Waals surface area contributed by atoms with E-state index in [4.69, 9.17) is 0 Å². The molecule has 21 heavy (non-hydrogen) atoms. The van der Waals surface area contributed by atoms with E-state index in [1.807, 2.05) is 65.6 Å². The zero-order chi connectivity index (χ0) is 14.7. The number of nitrogens with zero attached hydrogens (tertiary/aromatic N) is 2. The molecule has 0 aliphatic carbocycles. The van der Waals surface area contributed by atoms with E-state index in [9.17, 15) is 4.21 Å². The summed E-state index contributed by atoms with van der Waals surface area (Å²) < 4.78 is 14.2. The highest BCUT2D eigenvalue weighted by Crippen LogP contribution is 2.26. The summed E-state index contributed by atoms with van der Waals surface area (Å²) in [5.41, 5.74) is 2.11. The summed E-state index contributed by atoms with van der Waals surface area (Å²) in [6.07, 6.45) is 3.66. The van der Waals surface area contributed by atoms with E-state index in [1.165, 1.54) is 4.88 Å². The van der Waals surface area contributed by atoms with Gasteiger partial charge in [0.15, 0.2) is 0 Å². The third-order valence-corrected chi connectivity index (χ3v) is 6.22. The van der Waals surface area contributed by atoms with Gasteiger partial charge in [-0.3, -0.25) is 4.21 Å². The van der Waals surface area contributed by atoms with Crippen LogP contribution in [0.4, 0.5) is 0 Å². The highest BCUT2D eigenvalue weighted by molar-refractivity contribution is 7.84. The van der Waals surface area contributed by atoms with Crippen molar-refractivity contribution in [2.75, 3.05) is 0 Å². The van der Waals surface area contributed by atoms with Crippen molar-refractivity contribution >= 4 is 22.1 Å². The minimum atomic E-state index is -0.900. The molecule has 2 atom stereocenters. The number of rotatable bonds is 5. The minimum Gasteiger partial charge on any atom is -0.259 e. The molecule has 3 aromatic rings. The van der Waals surface area contributed by atoms with Gasteiger partial charge in [0.05, 0.1) is 10.9 Å². The van der Waals surface area contributed by atoms with Crippen molar-refractivity contribution in [1.29, 1.82) is 0 Å². The Kier molecular flexibility index (Phi) is 4.31. The van der Waals surface area contributed by atoms with E-state index in [2.05, 4.69) is 5.10 Å². The Hall–Kier alpha value is -1.72. The fraction of sp³-hybridized carbons (Fsp3) is 0.188. The Labute approximate surface area is 130 Å². The van der Waals surface area contributed by atoms with Crippen molar-refractivity contribution in [2.45, 2.75) is 17.9 Å². The highest BCUT2D eigenvalue weighted by Gasteiger charge is 2.14. The normalized spacial score (nSPS) is 14.0. The summed E-state index contributed by atoms with van der Waals surface area (Å²) >= 11 is 1.67. The lowest BCUT2D eigenvalue weighted by molar-refractivity contribution is 0.676. The molecule has 0 amide bonds. The lowest BCUT2D eigenvalue weighted by atomic mass is 10.2. The zero-order valence-electron chi connectivity index (χ0n) is 11.7. The van der Waals surface area contributed by atoms with Crippen LogP contribution in [0.3, 0.4) is 0 Å². The lowest BCUT2D eigenvalue weighted by Crippen LogP contribution is -2.04. The fourth-order valence-electron chi connectivity index (χ4n) is 2.11. The lowest BCUT2D eigenvalue weighted by Gasteiger charge is -2.10. The smallest absolute Gasteiger partial charge is 0.0665 e. The van der Waals surface area contributed by atoms with Crippen molar-refractivity contribution in [3.63, 3.8) is 0 Å². The topological polar surface area (TPSA) is 34.9 Å². The molecule has 0 aliphatic rings. The molecule has 0 aliphatic heterocycles. The van der Waals surface area contributed by atoms with Gasteiger partial charge in [-0.1, -0.05) is 18.2 Å².